The number of halogens is 1. The van der Waals surface area contributed by atoms with Crippen molar-refractivity contribution in [3.05, 3.63) is 23.9 Å². The average Bonchev–Trinajstić information content (AvgIpc) is 2.88. The summed E-state index contributed by atoms with van der Waals surface area (Å²) in [5.41, 5.74) is 0.663. The van der Waals surface area contributed by atoms with Crippen molar-refractivity contribution in [1.29, 1.82) is 0 Å². The van der Waals surface area contributed by atoms with Crippen LogP contribution in [0, 0.1) is 5.92 Å². The van der Waals surface area contributed by atoms with Crippen LogP contribution in [-0.2, 0) is 0 Å². The number of rotatable bonds is 20. The van der Waals surface area contributed by atoms with Crippen LogP contribution in [0.2, 0.25) is 0 Å². The zero-order valence-electron chi connectivity index (χ0n) is 23.3. The number of aromatic nitrogens is 1. The number of nitrogens with one attached hydrogen (secondary N) is 1. The van der Waals surface area contributed by atoms with Gasteiger partial charge in [0, 0.05) is 50.8 Å². The van der Waals surface area contributed by atoms with E-state index < -0.39 is 0 Å². The third kappa shape index (κ3) is 14.0. The van der Waals surface area contributed by atoms with Gasteiger partial charge in [0.25, 0.3) is 5.91 Å². The summed E-state index contributed by atoms with van der Waals surface area (Å²) in [5, 5.41) is 4.22. The molecule has 1 aliphatic rings. The Balaban J connectivity index is 1.43. The molecule has 0 aromatic carbocycles. The number of hydrogen-bond acceptors (Lipinski definition) is 4. The SMILES string of the molecule is CC(C)CN1CCN(c2ccc(C(=O)NCCCCCCCCCCCCCCCCBr)cn2)CC1. The van der Waals surface area contributed by atoms with E-state index in [9.17, 15) is 4.79 Å². The highest BCUT2D eigenvalue weighted by Gasteiger charge is 2.18. The molecule has 1 amide bonds. The van der Waals surface area contributed by atoms with E-state index in [1.54, 1.807) is 6.20 Å². The van der Waals surface area contributed by atoms with Crippen LogP contribution >= 0.6 is 15.9 Å². The van der Waals surface area contributed by atoms with Crippen molar-refractivity contribution in [1.82, 2.24) is 15.2 Å². The molecule has 206 valence electrons. The molecule has 0 aliphatic carbocycles. The van der Waals surface area contributed by atoms with E-state index in [-0.39, 0.29) is 5.91 Å². The third-order valence-corrected chi connectivity index (χ3v) is 7.74. The van der Waals surface area contributed by atoms with Crippen LogP contribution in [0.25, 0.3) is 0 Å². The molecule has 1 aliphatic heterocycles. The Kier molecular flexibility index (Phi) is 17.2. The second kappa shape index (κ2) is 19.9. The monoisotopic (exact) mass is 564 g/mol. The van der Waals surface area contributed by atoms with Crippen molar-refractivity contribution in [3.8, 4) is 0 Å². The van der Waals surface area contributed by atoms with Crippen molar-refractivity contribution >= 4 is 27.7 Å². The number of hydrogen-bond donors (Lipinski definition) is 1. The molecule has 1 aromatic heterocycles. The van der Waals surface area contributed by atoms with Gasteiger partial charge in [-0.15, -0.1) is 0 Å². The molecule has 2 heterocycles. The quantitative estimate of drug-likeness (QED) is 0.132. The molecular weight excluding hydrogens is 512 g/mol. The van der Waals surface area contributed by atoms with Gasteiger partial charge in [0.2, 0.25) is 0 Å². The maximum absolute atomic E-state index is 12.5. The summed E-state index contributed by atoms with van der Waals surface area (Å²) in [6.45, 7) is 10.6. The lowest BCUT2D eigenvalue weighted by Crippen LogP contribution is -2.47. The Bertz CT molecular complexity index is 674. The molecule has 1 fully saturated rings. The minimum atomic E-state index is -0.000998. The zero-order valence-corrected chi connectivity index (χ0v) is 24.9. The molecule has 0 radical (unpaired) electrons. The van der Waals surface area contributed by atoms with Crippen LogP contribution in [0.4, 0.5) is 5.82 Å². The van der Waals surface area contributed by atoms with Gasteiger partial charge in [-0.2, -0.15) is 0 Å². The smallest absolute Gasteiger partial charge is 0.252 e. The first-order valence-electron chi connectivity index (χ1n) is 14.9. The number of amides is 1. The molecule has 0 spiro atoms. The van der Waals surface area contributed by atoms with Gasteiger partial charge in [-0.3, -0.25) is 9.69 Å². The highest BCUT2D eigenvalue weighted by atomic mass is 79.9. The van der Waals surface area contributed by atoms with E-state index in [1.807, 2.05) is 12.1 Å². The van der Waals surface area contributed by atoms with E-state index in [0.29, 0.717) is 11.5 Å². The topological polar surface area (TPSA) is 48.5 Å². The fourth-order valence-corrected chi connectivity index (χ4v) is 5.42. The molecule has 0 atom stereocenters. The van der Waals surface area contributed by atoms with Gasteiger partial charge in [0.15, 0.2) is 0 Å². The molecular formula is C30H53BrN4O. The molecule has 0 unspecified atom stereocenters. The van der Waals surface area contributed by atoms with Gasteiger partial charge in [-0.1, -0.05) is 107 Å². The standard InChI is InChI=1S/C30H53BrN4O/c1-27(2)26-34-21-23-35(24-22-34)29-18-17-28(25-33-29)30(36)32-20-16-14-12-10-8-6-4-3-5-7-9-11-13-15-19-31/h17-18,25,27H,3-16,19-24,26H2,1-2H3,(H,32,36). The highest BCUT2D eigenvalue weighted by molar-refractivity contribution is 9.09. The number of carbonyl (C=O) groups is 1. The number of piperazine rings is 1. The predicted molar refractivity (Wildman–Crippen MR) is 158 cm³/mol. The molecule has 1 saturated heterocycles. The lowest BCUT2D eigenvalue weighted by atomic mass is 10.0. The number of nitrogens with zero attached hydrogens (tertiary/aromatic N) is 3. The molecule has 0 bridgehead atoms. The van der Waals surface area contributed by atoms with E-state index in [4.69, 9.17) is 0 Å². The molecule has 2 rings (SSSR count). The van der Waals surface area contributed by atoms with Crippen LogP contribution < -0.4 is 10.2 Å². The van der Waals surface area contributed by atoms with E-state index in [1.165, 1.54) is 90.0 Å². The van der Waals surface area contributed by atoms with Gasteiger partial charge >= 0.3 is 0 Å². The number of unbranched alkanes of at least 4 members (excludes halogenated alkanes) is 13. The van der Waals surface area contributed by atoms with Crippen LogP contribution in [0.5, 0.6) is 0 Å². The van der Waals surface area contributed by atoms with Gasteiger partial charge in [-0.25, -0.2) is 4.98 Å². The fourth-order valence-electron chi connectivity index (χ4n) is 5.03. The summed E-state index contributed by atoms with van der Waals surface area (Å²) in [5.74, 6) is 1.69. The van der Waals surface area contributed by atoms with Crippen LogP contribution in [0.15, 0.2) is 18.3 Å². The van der Waals surface area contributed by atoms with Gasteiger partial charge in [0.05, 0.1) is 5.56 Å². The Labute approximate surface area is 230 Å². The number of alkyl halides is 1. The normalized spacial score (nSPS) is 14.5. The summed E-state index contributed by atoms with van der Waals surface area (Å²) in [6, 6.07) is 3.92. The Hall–Kier alpha value is -1.14. The molecule has 5 nitrogen and oxygen atoms in total. The van der Waals surface area contributed by atoms with Crippen molar-refractivity contribution in [2.24, 2.45) is 5.92 Å². The summed E-state index contributed by atoms with van der Waals surface area (Å²) < 4.78 is 0. The minimum Gasteiger partial charge on any atom is -0.354 e. The first-order valence-corrected chi connectivity index (χ1v) is 16.0. The highest BCUT2D eigenvalue weighted by Crippen LogP contribution is 2.16. The Morgan fingerprint density at radius 1 is 0.833 bits per heavy atom. The van der Waals surface area contributed by atoms with Gasteiger partial charge < -0.3 is 10.2 Å². The maximum Gasteiger partial charge on any atom is 0.252 e. The van der Waals surface area contributed by atoms with E-state index in [0.717, 1.165) is 50.3 Å². The van der Waals surface area contributed by atoms with E-state index in [2.05, 4.69) is 49.9 Å². The van der Waals surface area contributed by atoms with Crippen LogP contribution in [-0.4, -0.2) is 60.4 Å². The summed E-state index contributed by atoms with van der Waals surface area (Å²) in [4.78, 5) is 21.9. The lowest BCUT2D eigenvalue weighted by molar-refractivity contribution is 0.0952. The van der Waals surface area contributed by atoms with Crippen LogP contribution in [0.3, 0.4) is 0 Å². The number of carbonyl (C=O) groups excluding carboxylic acids is 1. The molecule has 36 heavy (non-hydrogen) atoms. The minimum absolute atomic E-state index is 0.000998. The van der Waals surface area contributed by atoms with Gasteiger partial charge in [0.1, 0.15) is 5.82 Å². The second-order valence-electron chi connectivity index (χ2n) is 11.0. The Morgan fingerprint density at radius 3 is 1.83 bits per heavy atom. The molecule has 1 aromatic rings. The first kappa shape index (κ1) is 31.1. The Morgan fingerprint density at radius 2 is 1.36 bits per heavy atom. The second-order valence-corrected chi connectivity index (χ2v) is 11.8. The first-order chi connectivity index (χ1) is 17.6. The average molecular weight is 566 g/mol. The molecule has 6 heteroatoms. The molecule has 0 saturated carbocycles. The summed E-state index contributed by atoms with van der Waals surface area (Å²) >= 11 is 3.50. The van der Waals surface area contributed by atoms with Gasteiger partial charge in [-0.05, 0) is 30.9 Å². The van der Waals surface area contributed by atoms with Crippen molar-refractivity contribution in [3.63, 3.8) is 0 Å². The zero-order chi connectivity index (χ0) is 25.8. The fraction of sp³-hybridized carbons (Fsp3) is 0.800. The number of pyridine rings is 1. The summed E-state index contributed by atoms with van der Waals surface area (Å²) in [7, 11) is 0. The molecule has 1 N–H and O–H groups in total. The lowest BCUT2D eigenvalue weighted by Gasteiger charge is -2.36. The predicted octanol–water partition coefficient (Wildman–Crippen LogP) is 7.45. The maximum atomic E-state index is 12.5. The van der Waals surface area contributed by atoms with Crippen LogP contribution in [0.1, 0.15) is 114 Å². The number of anilines is 1. The summed E-state index contributed by atoms with van der Waals surface area (Å²) in [6.07, 6.45) is 20.6. The van der Waals surface area contributed by atoms with E-state index >= 15 is 0 Å². The largest absolute Gasteiger partial charge is 0.354 e. The van der Waals surface area contributed by atoms with Crippen molar-refractivity contribution < 1.29 is 4.79 Å². The van der Waals surface area contributed by atoms with Crippen molar-refractivity contribution in [2.75, 3.05) is 49.5 Å². The third-order valence-electron chi connectivity index (χ3n) is 7.18. The van der Waals surface area contributed by atoms with Crippen molar-refractivity contribution in [2.45, 2.75) is 104 Å².